The summed E-state index contributed by atoms with van der Waals surface area (Å²) in [7, 11) is -0.346. The lowest BCUT2D eigenvalue weighted by Crippen LogP contribution is -1.89. The molecule has 1 atom stereocenters. The van der Waals surface area contributed by atoms with Crippen molar-refractivity contribution in [3.8, 4) is 0 Å². The molecule has 0 saturated heterocycles. The third-order valence-electron chi connectivity index (χ3n) is 0.348. The normalized spacial score (nSPS) is 14.8. The highest BCUT2D eigenvalue weighted by molar-refractivity contribution is 7.54. The topological polar surface area (TPSA) is 26.0 Å². The lowest BCUT2D eigenvalue weighted by molar-refractivity contribution is 1.39. The molecule has 0 spiro atoms. The molecule has 0 radical (unpaired) electrons. The molecule has 0 aromatic carbocycles. The standard InChI is InChI=1S/C3H10NP/c1-5(2)3-4/h5H,1,3-4H2,2H3. The van der Waals surface area contributed by atoms with Gasteiger partial charge in [-0.25, -0.2) is 0 Å². The third kappa shape index (κ3) is 4.26. The fraction of sp³-hybridized carbons (Fsp3) is 0.667. The van der Waals surface area contributed by atoms with Crippen LogP contribution < -0.4 is 5.73 Å². The third-order valence-corrected chi connectivity index (χ3v) is 1.05. The highest BCUT2D eigenvalue weighted by Crippen LogP contribution is 2.04. The van der Waals surface area contributed by atoms with Gasteiger partial charge in [-0.3, -0.25) is 0 Å². The van der Waals surface area contributed by atoms with E-state index >= 15 is 0 Å². The Labute approximate surface area is 33.6 Å². The predicted octanol–water partition coefficient (Wildman–Crippen LogP) is 0.179. The van der Waals surface area contributed by atoms with Crippen LogP contribution in [0.5, 0.6) is 0 Å². The Balaban J connectivity index is 2.85. The molecule has 0 bridgehead atoms. The van der Waals surface area contributed by atoms with Gasteiger partial charge in [-0.2, -0.15) is 0 Å². The fourth-order valence-corrected chi connectivity index (χ4v) is 0. The summed E-state index contributed by atoms with van der Waals surface area (Å²) in [6, 6.07) is 0. The van der Waals surface area contributed by atoms with Crippen LogP contribution in [-0.4, -0.2) is 19.3 Å². The summed E-state index contributed by atoms with van der Waals surface area (Å²) in [5.74, 6) is 0. The molecule has 0 aliphatic carbocycles. The Hall–Kier alpha value is 0.260. The van der Waals surface area contributed by atoms with Crippen molar-refractivity contribution in [1.82, 2.24) is 0 Å². The van der Waals surface area contributed by atoms with E-state index in [0.29, 0.717) is 0 Å². The Kier molecular flexibility index (Phi) is 2.62. The van der Waals surface area contributed by atoms with E-state index in [0.717, 1.165) is 6.29 Å². The molecule has 0 aromatic rings. The summed E-state index contributed by atoms with van der Waals surface area (Å²) in [5.41, 5.74) is 5.15. The molecule has 0 saturated carbocycles. The molecule has 1 unspecified atom stereocenters. The molecule has 0 heterocycles. The molecular formula is C3H10NP. The van der Waals surface area contributed by atoms with E-state index in [1.54, 1.807) is 0 Å². The summed E-state index contributed by atoms with van der Waals surface area (Å²) in [6.07, 6.45) is 4.53. The quantitative estimate of drug-likeness (QED) is 0.458. The van der Waals surface area contributed by atoms with Crippen molar-refractivity contribution in [1.29, 1.82) is 0 Å². The molecule has 2 N–H and O–H groups in total. The molecule has 32 valence electrons. The predicted molar refractivity (Wildman–Crippen MR) is 30.4 cm³/mol. The maximum Gasteiger partial charge on any atom is 0.00914 e. The second-order valence-corrected chi connectivity index (χ2v) is 3.48. The van der Waals surface area contributed by atoms with Crippen LogP contribution in [0, 0.1) is 0 Å². The highest BCUT2D eigenvalue weighted by atomic mass is 31.1. The van der Waals surface area contributed by atoms with Crippen LogP contribution in [0.2, 0.25) is 0 Å². The van der Waals surface area contributed by atoms with Gasteiger partial charge in [-0.15, -0.1) is 13.8 Å². The van der Waals surface area contributed by atoms with E-state index in [-0.39, 0.29) is 7.55 Å². The summed E-state index contributed by atoms with van der Waals surface area (Å²) in [4.78, 5) is 0. The number of hydrogen-bond donors (Lipinski definition) is 1. The lowest BCUT2D eigenvalue weighted by atomic mass is 11.5. The molecule has 0 amide bonds. The molecule has 2 heteroatoms. The van der Waals surface area contributed by atoms with E-state index in [9.17, 15) is 0 Å². The number of rotatable bonds is 1. The maximum atomic E-state index is 5.15. The van der Waals surface area contributed by atoms with Gasteiger partial charge in [0.2, 0.25) is 0 Å². The van der Waals surface area contributed by atoms with Crippen molar-refractivity contribution in [2.24, 2.45) is 5.73 Å². The van der Waals surface area contributed by atoms with Gasteiger partial charge >= 0.3 is 0 Å². The second-order valence-electron chi connectivity index (χ2n) is 1.16. The van der Waals surface area contributed by atoms with Gasteiger partial charge in [0, 0.05) is 6.29 Å². The van der Waals surface area contributed by atoms with Crippen molar-refractivity contribution >= 4 is 13.8 Å². The molecule has 1 nitrogen and oxygen atoms in total. The zero-order valence-corrected chi connectivity index (χ0v) is 4.49. The van der Waals surface area contributed by atoms with Gasteiger partial charge in [-0.1, -0.05) is 0 Å². The van der Waals surface area contributed by atoms with Crippen LogP contribution in [0.4, 0.5) is 0 Å². The fourth-order valence-electron chi connectivity index (χ4n) is 0. The zero-order chi connectivity index (χ0) is 4.28. The van der Waals surface area contributed by atoms with Gasteiger partial charge in [0.1, 0.15) is 0 Å². The number of nitrogens with two attached hydrogens (primary N) is 1. The highest BCUT2D eigenvalue weighted by Gasteiger charge is 1.65. The van der Waals surface area contributed by atoms with Gasteiger partial charge in [-0.05, 0) is 6.66 Å². The van der Waals surface area contributed by atoms with Crippen LogP contribution in [-0.2, 0) is 0 Å². The Morgan fingerprint density at radius 1 is 2.00 bits per heavy atom. The van der Waals surface area contributed by atoms with Crippen LogP contribution >= 0.6 is 7.55 Å². The maximum absolute atomic E-state index is 5.15. The van der Waals surface area contributed by atoms with Gasteiger partial charge in [0.15, 0.2) is 0 Å². The zero-order valence-electron chi connectivity index (χ0n) is 3.49. The van der Waals surface area contributed by atoms with E-state index < -0.39 is 0 Å². The van der Waals surface area contributed by atoms with Crippen LogP contribution in [0.15, 0.2) is 0 Å². The minimum atomic E-state index is -0.346. The van der Waals surface area contributed by atoms with Gasteiger partial charge in [0.25, 0.3) is 0 Å². The summed E-state index contributed by atoms with van der Waals surface area (Å²) < 4.78 is 0. The molecule has 0 fully saturated rings. The Morgan fingerprint density at radius 3 is 2.20 bits per heavy atom. The molecule has 5 heavy (non-hydrogen) atoms. The van der Waals surface area contributed by atoms with Gasteiger partial charge in [0.05, 0.1) is 0 Å². The van der Waals surface area contributed by atoms with Crippen LogP contribution in [0.25, 0.3) is 0 Å². The Bertz CT molecular complexity index is 42.2. The van der Waals surface area contributed by atoms with Crippen molar-refractivity contribution in [3.05, 3.63) is 0 Å². The largest absolute Gasteiger partial charge is 0.327 e. The van der Waals surface area contributed by atoms with E-state index in [4.69, 9.17) is 5.73 Å². The average Bonchev–Trinajstić information content (AvgIpc) is 1.38. The molecular weight excluding hydrogens is 81.0 g/mol. The van der Waals surface area contributed by atoms with Crippen molar-refractivity contribution in [3.63, 3.8) is 0 Å². The molecule has 0 aliphatic heterocycles. The first kappa shape index (κ1) is 5.26. The minimum Gasteiger partial charge on any atom is -0.327 e. The summed E-state index contributed by atoms with van der Waals surface area (Å²) >= 11 is 0. The van der Waals surface area contributed by atoms with E-state index in [1.165, 1.54) is 0 Å². The molecule has 0 rings (SSSR count). The van der Waals surface area contributed by atoms with E-state index in [1.807, 2.05) is 0 Å². The number of hydrogen-bond acceptors (Lipinski definition) is 1. The van der Waals surface area contributed by atoms with Crippen LogP contribution in [0.1, 0.15) is 0 Å². The second kappa shape index (κ2) is 2.49. The SMILES string of the molecule is C=[PH](C)CN. The Morgan fingerprint density at radius 2 is 2.20 bits per heavy atom. The molecule has 0 aromatic heterocycles. The molecule has 0 aliphatic rings. The first-order chi connectivity index (χ1) is 2.27. The lowest BCUT2D eigenvalue weighted by Gasteiger charge is -1.82. The van der Waals surface area contributed by atoms with Crippen molar-refractivity contribution < 1.29 is 0 Å². The average molecular weight is 91.1 g/mol. The first-order valence-electron chi connectivity index (χ1n) is 1.62. The first-order valence-corrected chi connectivity index (χ1v) is 4.03. The van der Waals surface area contributed by atoms with Gasteiger partial charge < -0.3 is 5.73 Å². The van der Waals surface area contributed by atoms with Crippen LogP contribution in [0.3, 0.4) is 0 Å². The summed E-state index contributed by atoms with van der Waals surface area (Å²) in [5, 5.41) is 0. The van der Waals surface area contributed by atoms with Crippen molar-refractivity contribution in [2.45, 2.75) is 0 Å². The minimum absolute atomic E-state index is 0.346. The monoisotopic (exact) mass is 91.1 g/mol. The smallest absolute Gasteiger partial charge is 0.00914 e. The summed E-state index contributed by atoms with van der Waals surface area (Å²) in [6.45, 7) is 2.09. The van der Waals surface area contributed by atoms with Crippen molar-refractivity contribution in [2.75, 3.05) is 13.0 Å². The van der Waals surface area contributed by atoms with E-state index in [2.05, 4.69) is 13.0 Å².